The van der Waals surface area contributed by atoms with E-state index in [1.54, 1.807) is 29.2 Å². The molecule has 0 spiro atoms. The molecule has 0 unspecified atom stereocenters. The Hall–Kier alpha value is -2.41. The van der Waals surface area contributed by atoms with E-state index >= 15 is 0 Å². The molecule has 1 aliphatic rings. The Morgan fingerprint density at radius 1 is 1.19 bits per heavy atom. The van der Waals surface area contributed by atoms with Gasteiger partial charge in [0.2, 0.25) is 11.8 Å². The van der Waals surface area contributed by atoms with Crippen molar-refractivity contribution >= 4 is 23.4 Å². The summed E-state index contributed by atoms with van der Waals surface area (Å²) in [5, 5.41) is 2.85. The second kappa shape index (κ2) is 9.33. The second-order valence-electron chi connectivity index (χ2n) is 6.56. The number of carbonyl (C=O) groups excluding carboxylic acids is 3. The molecular formula is C19H28N4O3. The Morgan fingerprint density at radius 2 is 1.85 bits per heavy atom. The van der Waals surface area contributed by atoms with Crippen molar-refractivity contribution in [2.45, 2.75) is 26.7 Å². The first-order valence-electron chi connectivity index (χ1n) is 9.15. The highest BCUT2D eigenvalue weighted by molar-refractivity contribution is 5.97. The highest BCUT2D eigenvalue weighted by atomic mass is 16.2. The third-order valence-corrected chi connectivity index (χ3v) is 4.80. The molecule has 1 fully saturated rings. The number of hydrogen-bond acceptors (Lipinski definition) is 4. The zero-order chi connectivity index (χ0) is 19.1. The summed E-state index contributed by atoms with van der Waals surface area (Å²) >= 11 is 0. The minimum atomic E-state index is -0.260. The summed E-state index contributed by atoms with van der Waals surface area (Å²) in [6.07, 6.45) is 1.38. The summed E-state index contributed by atoms with van der Waals surface area (Å²) < 4.78 is 0. The zero-order valence-electron chi connectivity index (χ0n) is 15.5. The lowest BCUT2D eigenvalue weighted by Crippen LogP contribution is -2.42. The van der Waals surface area contributed by atoms with Crippen molar-refractivity contribution in [2.24, 2.45) is 11.7 Å². The van der Waals surface area contributed by atoms with Crippen molar-refractivity contribution in [2.75, 3.05) is 38.0 Å². The van der Waals surface area contributed by atoms with Crippen LogP contribution in [0.3, 0.4) is 0 Å². The Bertz CT molecular complexity index is 650. The number of hydrogen-bond donors (Lipinski definition) is 2. The molecular weight excluding hydrogens is 332 g/mol. The third kappa shape index (κ3) is 5.29. The molecule has 0 saturated carbocycles. The highest BCUT2D eigenvalue weighted by Crippen LogP contribution is 2.17. The molecule has 1 aromatic rings. The third-order valence-electron chi connectivity index (χ3n) is 4.80. The van der Waals surface area contributed by atoms with Crippen molar-refractivity contribution < 1.29 is 14.4 Å². The van der Waals surface area contributed by atoms with E-state index in [0.717, 1.165) is 0 Å². The van der Waals surface area contributed by atoms with Gasteiger partial charge in [0.05, 0.1) is 6.54 Å². The maximum absolute atomic E-state index is 12.4. The van der Waals surface area contributed by atoms with E-state index < -0.39 is 0 Å². The van der Waals surface area contributed by atoms with E-state index in [4.69, 9.17) is 5.73 Å². The Morgan fingerprint density at radius 3 is 2.42 bits per heavy atom. The minimum absolute atomic E-state index is 0.0420. The van der Waals surface area contributed by atoms with Gasteiger partial charge in [-0.25, -0.2) is 0 Å². The molecule has 0 bridgehead atoms. The molecule has 0 atom stereocenters. The Labute approximate surface area is 154 Å². The van der Waals surface area contributed by atoms with Gasteiger partial charge in [-0.15, -0.1) is 0 Å². The fourth-order valence-corrected chi connectivity index (χ4v) is 3.20. The molecule has 3 amide bonds. The fourth-order valence-electron chi connectivity index (χ4n) is 3.20. The predicted octanol–water partition coefficient (Wildman–Crippen LogP) is 1.30. The molecule has 2 rings (SSSR count). The van der Waals surface area contributed by atoms with Gasteiger partial charge < -0.3 is 16.0 Å². The average Bonchev–Trinajstić information content (AvgIpc) is 2.63. The zero-order valence-corrected chi connectivity index (χ0v) is 15.5. The lowest BCUT2D eigenvalue weighted by atomic mass is 9.96. The van der Waals surface area contributed by atoms with Gasteiger partial charge in [0.25, 0.3) is 5.91 Å². The van der Waals surface area contributed by atoms with Crippen LogP contribution < -0.4 is 11.1 Å². The number of nitrogens with zero attached hydrogens (tertiary/aromatic N) is 2. The average molecular weight is 360 g/mol. The molecule has 1 aliphatic heterocycles. The summed E-state index contributed by atoms with van der Waals surface area (Å²) in [6.45, 7) is 6.80. The van der Waals surface area contributed by atoms with Crippen LogP contribution in [0.25, 0.3) is 0 Å². The second-order valence-corrected chi connectivity index (χ2v) is 6.56. The number of amides is 3. The molecule has 7 heteroatoms. The Kier molecular flexibility index (Phi) is 7.15. The largest absolute Gasteiger partial charge is 0.369 e. The van der Waals surface area contributed by atoms with Crippen molar-refractivity contribution in [3.8, 4) is 0 Å². The molecule has 26 heavy (non-hydrogen) atoms. The van der Waals surface area contributed by atoms with E-state index in [1.807, 2.05) is 18.7 Å². The van der Waals surface area contributed by atoms with E-state index in [2.05, 4.69) is 5.32 Å². The first kappa shape index (κ1) is 19.9. The van der Waals surface area contributed by atoms with Crippen LogP contribution in [0.1, 0.15) is 37.0 Å². The number of carbonyl (C=O) groups is 3. The summed E-state index contributed by atoms with van der Waals surface area (Å²) in [5.74, 6) is -0.518. The molecule has 7 nitrogen and oxygen atoms in total. The normalized spacial score (nSPS) is 15.5. The molecule has 0 aliphatic carbocycles. The molecule has 1 aromatic carbocycles. The van der Waals surface area contributed by atoms with E-state index in [1.165, 1.54) is 0 Å². The van der Waals surface area contributed by atoms with E-state index in [-0.39, 0.29) is 30.2 Å². The van der Waals surface area contributed by atoms with E-state index in [9.17, 15) is 14.4 Å². The highest BCUT2D eigenvalue weighted by Gasteiger charge is 2.24. The number of nitrogens with one attached hydrogen (secondary N) is 1. The van der Waals surface area contributed by atoms with Crippen molar-refractivity contribution in [3.05, 3.63) is 29.8 Å². The first-order chi connectivity index (χ1) is 12.4. The van der Waals surface area contributed by atoms with Crippen LogP contribution in [0.4, 0.5) is 5.69 Å². The predicted molar refractivity (Wildman–Crippen MR) is 101 cm³/mol. The maximum Gasteiger partial charge on any atom is 0.253 e. The van der Waals surface area contributed by atoms with Crippen LogP contribution in [0.2, 0.25) is 0 Å². The lowest BCUT2D eigenvalue weighted by Gasteiger charge is -2.29. The molecule has 0 aromatic heterocycles. The van der Waals surface area contributed by atoms with Crippen LogP contribution in [0.5, 0.6) is 0 Å². The van der Waals surface area contributed by atoms with Crippen molar-refractivity contribution in [1.82, 2.24) is 9.80 Å². The quantitative estimate of drug-likeness (QED) is 0.766. The minimum Gasteiger partial charge on any atom is -0.369 e. The molecule has 1 saturated heterocycles. The van der Waals surface area contributed by atoms with Gasteiger partial charge in [0.1, 0.15) is 0 Å². The summed E-state index contributed by atoms with van der Waals surface area (Å²) in [6, 6.07) is 7.00. The van der Waals surface area contributed by atoms with Gasteiger partial charge in [-0.3, -0.25) is 19.3 Å². The van der Waals surface area contributed by atoms with Gasteiger partial charge >= 0.3 is 0 Å². The lowest BCUT2D eigenvalue weighted by molar-refractivity contribution is -0.123. The van der Waals surface area contributed by atoms with Crippen LogP contribution in [-0.2, 0) is 9.59 Å². The summed E-state index contributed by atoms with van der Waals surface area (Å²) in [7, 11) is 0. The molecule has 1 heterocycles. The number of nitrogens with two attached hydrogens (primary N) is 1. The van der Waals surface area contributed by atoms with Crippen LogP contribution in [0.15, 0.2) is 24.3 Å². The van der Waals surface area contributed by atoms with E-state index in [0.29, 0.717) is 50.3 Å². The summed E-state index contributed by atoms with van der Waals surface area (Å²) in [5.41, 5.74) is 6.50. The monoisotopic (exact) mass is 360 g/mol. The number of rotatable bonds is 7. The number of likely N-dealkylation sites (tertiary alicyclic amines) is 1. The van der Waals surface area contributed by atoms with Crippen LogP contribution in [-0.4, -0.2) is 60.2 Å². The van der Waals surface area contributed by atoms with Crippen LogP contribution in [0, 0.1) is 5.92 Å². The molecule has 0 radical (unpaired) electrons. The topological polar surface area (TPSA) is 95.7 Å². The smallest absolute Gasteiger partial charge is 0.253 e. The number of benzene rings is 1. The number of anilines is 1. The molecule has 142 valence electrons. The van der Waals surface area contributed by atoms with Gasteiger partial charge in [0, 0.05) is 30.3 Å². The Balaban J connectivity index is 1.90. The van der Waals surface area contributed by atoms with Crippen molar-refractivity contribution in [1.29, 1.82) is 0 Å². The standard InChI is InChI=1S/C19H28N4O3/c1-3-23(4-2)19(26)15-6-5-7-16(12-15)21-17(24)13-22-10-8-14(9-11-22)18(20)25/h5-7,12,14H,3-4,8-11,13H2,1-2H3,(H2,20,25)(H,21,24). The van der Waals surface area contributed by atoms with Gasteiger partial charge in [-0.2, -0.15) is 0 Å². The van der Waals surface area contributed by atoms with Crippen LogP contribution >= 0.6 is 0 Å². The SMILES string of the molecule is CCN(CC)C(=O)c1cccc(NC(=O)CN2CCC(C(N)=O)CC2)c1. The van der Waals surface area contributed by atoms with Gasteiger partial charge in [-0.05, 0) is 58.0 Å². The fraction of sp³-hybridized carbons (Fsp3) is 0.526. The number of primary amides is 1. The van der Waals surface area contributed by atoms with Gasteiger partial charge in [-0.1, -0.05) is 6.07 Å². The van der Waals surface area contributed by atoms with Crippen molar-refractivity contribution in [3.63, 3.8) is 0 Å². The number of piperidine rings is 1. The van der Waals surface area contributed by atoms with Gasteiger partial charge in [0.15, 0.2) is 0 Å². The molecule has 3 N–H and O–H groups in total. The summed E-state index contributed by atoms with van der Waals surface area (Å²) in [4.78, 5) is 39.6. The first-order valence-corrected chi connectivity index (χ1v) is 9.15. The maximum atomic E-state index is 12.4.